The number of para-hydroxylation sites is 1. The van der Waals surface area contributed by atoms with Crippen molar-refractivity contribution in [2.75, 3.05) is 16.8 Å². The first-order valence-electron chi connectivity index (χ1n) is 7.17. The van der Waals surface area contributed by atoms with Gasteiger partial charge in [-0.15, -0.1) is 28.5 Å². The largest absolute Gasteiger partial charge is 0.324 e. The van der Waals surface area contributed by atoms with Crippen LogP contribution in [0.5, 0.6) is 0 Å². The molecule has 1 aromatic carbocycles. The fraction of sp³-hybridized carbons (Fsp3) is 0.250. The second kappa shape index (κ2) is 9.15. The fourth-order valence-electron chi connectivity index (χ4n) is 1.93. The van der Waals surface area contributed by atoms with Crippen molar-refractivity contribution in [3.8, 4) is 6.07 Å². The lowest BCUT2D eigenvalue weighted by atomic mass is 10.3. The van der Waals surface area contributed by atoms with E-state index in [0.717, 1.165) is 10.7 Å². The molecule has 0 bridgehead atoms. The van der Waals surface area contributed by atoms with Gasteiger partial charge in [-0.05, 0) is 19.1 Å². The predicted molar refractivity (Wildman–Crippen MR) is 97.1 cm³/mol. The third kappa shape index (κ3) is 4.88. The van der Waals surface area contributed by atoms with Crippen LogP contribution in [-0.4, -0.2) is 32.2 Å². The molecule has 0 aliphatic heterocycles. The van der Waals surface area contributed by atoms with Gasteiger partial charge in [0.1, 0.15) is 5.82 Å². The number of aromatic nitrogens is 3. The normalized spacial score (nSPS) is 10.2. The van der Waals surface area contributed by atoms with E-state index in [0.29, 0.717) is 23.1 Å². The van der Waals surface area contributed by atoms with Crippen LogP contribution >= 0.6 is 23.5 Å². The highest BCUT2D eigenvalue weighted by molar-refractivity contribution is 8.00. The third-order valence-electron chi connectivity index (χ3n) is 3.00. The molecule has 1 aromatic heterocycles. The van der Waals surface area contributed by atoms with Crippen LogP contribution in [0.15, 0.2) is 47.0 Å². The summed E-state index contributed by atoms with van der Waals surface area (Å²) in [4.78, 5) is 13.1. The van der Waals surface area contributed by atoms with Crippen molar-refractivity contribution in [1.82, 2.24) is 14.8 Å². The van der Waals surface area contributed by atoms with Gasteiger partial charge < -0.3 is 9.88 Å². The summed E-state index contributed by atoms with van der Waals surface area (Å²) in [7, 11) is 0. The van der Waals surface area contributed by atoms with Gasteiger partial charge >= 0.3 is 0 Å². The van der Waals surface area contributed by atoms with E-state index in [1.807, 2.05) is 35.8 Å². The quantitative estimate of drug-likeness (QED) is 0.576. The second-order valence-electron chi connectivity index (χ2n) is 4.71. The summed E-state index contributed by atoms with van der Waals surface area (Å²) in [6.45, 7) is 6.18. The molecule has 0 aliphatic rings. The summed E-state index contributed by atoms with van der Waals surface area (Å²) in [6, 6.07) is 9.52. The average molecular weight is 359 g/mol. The van der Waals surface area contributed by atoms with Crippen molar-refractivity contribution < 1.29 is 4.79 Å². The summed E-state index contributed by atoms with van der Waals surface area (Å²) in [6.07, 6.45) is 1.77. The maximum Gasteiger partial charge on any atom is 0.234 e. The molecule has 2 aromatic rings. The number of carbonyl (C=O) groups excluding carboxylic acids is 1. The monoisotopic (exact) mass is 359 g/mol. The van der Waals surface area contributed by atoms with Crippen molar-refractivity contribution >= 4 is 35.1 Å². The Morgan fingerprint density at radius 3 is 2.96 bits per heavy atom. The Kier molecular flexibility index (Phi) is 6.90. The topological polar surface area (TPSA) is 83.6 Å². The lowest BCUT2D eigenvalue weighted by Gasteiger charge is -2.09. The van der Waals surface area contributed by atoms with Gasteiger partial charge in [0.05, 0.1) is 23.3 Å². The van der Waals surface area contributed by atoms with Crippen LogP contribution < -0.4 is 5.32 Å². The summed E-state index contributed by atoms with van der Waals surface area (Å²) >= 11 is 2.72. The molecule has 0 unspecified atom stereocenters. The Bertz CT molecular complexity index is 766. The number of nitrogens with one attached hydrogen (secondary N) is 1. The molecule has 0 atom stereocenters. The fourth-order valence-corrected chi connectivity index (χ4v) is 3.39. The number of amides is 1. The van der Waals surface area contributed by atoms with E-state index in [4.69, 9.17) is 5.26 Å². The molecule has 6 nitrogen and oxygen atoms in total. The number of benzene rings is 1. The Balaban J connectivity index is 1.97. The molecule has 0 radical (unpaired) electrons. The number of thioether (sulfide) groups is 2. The molecule has 1 heterocycles. The summed E-state index contributed by atoms with van der Waals surface area (Å²) in [5.74, 6) is 1.23. The number of rotatable bonds is 8. The van der Waals surface area contributed by atoms with Crippen LogP contribution in [0.25, 0.3) is 0 Å². The SMILES string of the molecule is C=CCn1c(C)nnc1SCC(=O)Nc1ccccc1SCC#N. The molecule has 0 fully saturated rings. The van der Waals surface area contributed by atoms with Crippen molar-refractivity contribution in [2.45, 2.75) is 23.5 Å². The van der Waals surface area contributed by atoms with Gasteiger partial charge in [0, 0.05) is 11.4 Å². The van der Waals surface area contributed by atoms with Gasteiger partial charge in [-0.25, -0.2) is 0 Å². The van der Waals surface area contributed by atoms with Gasteiger partial charge in [0.2, 0.25) is 5.91 Å². The van der Waals surface area contributed by atoms with Gasteiger partial charge in [-0.3, -0.25) is 4.79 Å². The van der Waals surface area contributed by atoms with Crippen molar-refractivity contribution in [1.29, 1.82) is 5.26 Å². The Morgan fingerprint density at radius 2 is 2.21 bits per heavy atom. The van der Waals surface area contributed by atoms with Crippen LogP contribution in [0.1, 0.15) is 5.82 Å². The molecule has 1 N–H and O–H groups in total. The van der Waals surface area contributed by atoms with Crippen LogP contribution in [0.4, 0.5) is 5.69 Å². The number of anilines is 1. The van der Waals surface area contributed by atoms with Crippen LogP contribution in [0, 0.1) is 18.3 Å². The highest BCUT2D eigenvalue weighted by Crippen LogP contribution is 2.27. The Hall–Kier alpha value is -2.24. The van der Waals surface area contributed by atoms with Crippen LogP contribution in [-0.2, 0) is 11.3 Å². The molecule has 2 rings (SSSR count). The molecule has 0 spiro atoms. The van der Waals surface area contributed by atoms with Crippen LogP contribution in [0.2, 0.25) is 0 Å². The van der Waals surface area contributed by atoms with Crippen molar-refractivity contribution in [2.24, 2.45) is 0 Å². The zero-order valence-corrected chi connectivity index (χ0v) is 14.9. The van der Waals surface area contributed by atoms with Crippen LogP contribution in [0.3, 0.4) is 0 Å². The minimum atomic E-state index is -0.129. The van der Waals surface area contributed by atoms with E-state index in [1.165, 1.54) is 23.5 Å². The van der Waals surface area contributed by atoms with Gasteiger partial charge in [-0.1, -0.05) is 30.0 Å². The van der Waals surface area contributed by atoms with Gasteiger partial charge in [0.15, 0.2) is 5.16 Å². The molecule has 1 amide bonds. The summed E-state index contributed by atoms with van der Waals surface area (Å²) in [5, 5.41) is 20.4. The molecule has 0 saturated carbocycles. The number of hydrogen-bond acceptors (Lipinski definition) is 6. The first-order chi connectivity index (χ1) is 11.7. The first-order valence-corrected chi connectivity index (χ1v) is 9.15. The van der Waals surface area contributed by atoms with E-state index < -0.39 is 0 Å². The molecular weight excluding hydrogens is 342 g/mol. The zero-order valence-electron chi connectivity index (χ0n) is 13.2. The first kappa shape index (κ1) is 18.1. The molecule has 124 valence electrons. The van der Waals surface area contributed by atoms with E-state index >= 15 is 0 Å². The highest BCUT2D eigenvalue weighted by atomic mass is 32.2. The summed E-state index contributed by atoms with van der Waals surface area (Å²) < 4.78 is 1.90. The Labute approximate surface area is 149 Å². The van der Waals surface area contributed by atoms with Gasteiger partial charge in [-0.2, -0.15) is 5.26 Å². The molecule has 8 heteroatoms. The average Bonchev–Trinajstić information content (AvgIpc) is 2.93. The minimum Gasteiger partial charge on any atom is -0.324 e. The number of aryl methyl sites for hydroxylation is 1. The highest BCUT2D eigenvalue weighted by Gasteiger charge is 2.12. The van der Waals surface area contributed by atoms with E-state index in [1.54, 1.807) is 6.08 Å². The van der Waals surface area contributed by atoms with E-state index in [-0.39, 0.29) is 11.7 Å². The van der Waals surface area contributed by atoms with E-state index in [2.05, 4.69) is 28.2 Å². The maximum atomic E-state index is 12.2. The lowest BCUT2D eigenvalue weighted by molar-refractivity contribution is -0.113. The lowest BCUT2D eigenvalue weighted by Crippen LogP contribution is -2.15. The molecule has 0 aliphatic carbocycles. The third-order valence-corrected chi connectivity index (χ3v) is 4.91. The van der Waals surface area contributed by atoms with E-state index in [9.17, 15) is 4.79 Å². The Morgan fingerprint density at radius 1 is 1.42 bits per heavy atom. The smallest absolute Gasteiger partial charge is 0.234 e. The maximum absolute atomic E-state index is 12.2. The summed E-state index contributed by atoms with van der Waals surface area (Å²) in [5.41, 5.74) is 0.715. The number of hydrogen-bond donors (Lipinski definition) is 1. The second-order valence-corrected chi connectivity index (χ2v) is 6.67. The molecular formula is C16H17N5OS2. The standard InChI is InChI=1S/C16H17N5OS2/c1-3-9-21-12(2)19-20-16(21)24-11-15(22)18-13-6-4-5-7-14(13)23-10-8-17/h3-7H,1,9-11H2,2H3,(H,18,22). The number of allylic oxidation sites excluding steroid dienone is 1. The molecule has 24 heavy (non-hydrogen) atoms. The van der Waals surface area contributed by atoms with Gasteiger partial charge in [0.25, 0.3) is 0 Å². The predicted octanol–water partition coefficient (Wildman–Crippen LogP) is 3.12. The number of carbonyl (C=O) groups is 1. The zero-order chi connectivity index (χ0) is 17.4. The minimum absolute atomic E-state index is 0.129. The van der Waals surface area contributed by atoms with Crippen molar-refractivity contribution in [3.05, 3.63) is 42.7 Å². The number of nitrogens with zero attached hydrogens (tertiary/aromatic N) is 4. The van der Waals surface area contributed by atoms with Crippen molar-refractivity contribution in [3.63, 3.8) is 0 Å². The molecule has 0 saturated heterocycles. The number of nitriles is 1.